The van der Waals surface area contributed by atoms with Gasteiger partial charge < -0.3 is 4.74 Å². The number of esters is 1. The first-order valence-corrected chi connectivity index (χ1v) is 12.2. The SMILES string of the molecule is CC(=O)O[C@H]1CC[C@@]2(C)C(=CC[C@H]3[C@H]2CC[C@@]2(C)[C@@H]3C[C@H]3CC=CC[C@]32C(C)=O)C1. The summed E-state index contributed by atoms with van der Waals surface area (Å²) in [6.07, 6.45) is 17.1. The van der Waals surface area contributed by atoms with E-state index < -0.39 is 0 Å². The molecular formula is C27H38O3. The molecule has 0 unspecified atom stereocenters. The van der Waals surface area contributed by atoms with Crippen molar-refractivity contribution >= 4 is 11.8 Å². The molecule has 30 heavy (non-hydrogen) atoms. The van der Waals surface area contributed by atoms with E-state index in [1.807, 2.05) is 6.92 Å². The predicted molar refractivity (Wildman–Crippen MR) is 118 cm³/mol. The largest absolute Gasteiger partial charge is 0.462 e. The summed E-state index contributed by atoms with van der Waals surface area (Å²) in [6.45, 7) is 8.38. The molecule has 3 heteroatoms. The Morgan fingerprint density at radius 2 is 1.83 bits per heavy atom. The fourth-order valence-corrected chi connectivity index (χ4v) is 9.31. The van der Waals surface area contributed by atoms with Gasteiger partial charge >= 0.3 is 5.97 Å². The molecule has 5 aliphatic carbocycles. The summed E-state index contributed by atoms with van der Waals surface area (Å²) < 4.78 is 5.59. The summed E-state index contributed by atoms with van der Waals surface area (Å²) in [7, 11) is 0. The van der Waals surface area contributed by atoms with Crippen LogP contribution >= 0.6 is 0 Å². The van der Waals surface area contributed by atoms with Crippen LogP contribution < -0.4 is 0 Å². The zero-order chi connectivity index (χ0) is 21.3. The van der Waals surface area contributed by atoms with E-state index in [-0.39, 0.29) is 28.3 Å². The van der Waals surface area contributed by atoms with E-state index in [0.29, 0.717) is 29.5 Å². The minimum absolute atomic E-state index is 0.0636. The van der Waals surface area contributed by atoms with Crippen molar-refractivity contribution in [3.05, 3.63) is 23.8 Å². The highest BCUT2D eigenvalue weighted by molar-refractivity contribution is 5.85. The molecule has 0 aliphatic heterocycles. The van der Waals surface area contributed by atoms with Gasteiger partial charge in [0.15, 0.2) is 0 Å². The van der Waals surface area contributed by atoms with Crippen LogP contribution in [0.5, 0.6) is 0 Å². The minimum Gasteiger partial charge on any atom is -0.462 e. The molecule has 164 valence electrons. The summed E-state index contributed by atoms with van der Waals surface area (Å²) >= 11 is 0. The van der Waals surface area contributed by atoms with Crippen molar-refractivity contribution in [2.24, 2.45) is 39.9 Å². The quantitative estimate of drug-likeness (QED) is 0.412. The van der Waals surface area contributed by atoms with Gasteiger partial charge in [-0.15, -0.1) is 0 Å². The van der Waals surface area contributed by atoms with Crippen LogP contribution in [-0.4, -0.2) is 17.9 Å². The number of carbonyl (C=O) groups is 2. The van der Waals surface area contributed by atoms with E-state index in [4.69, 9.17) is 4.74 Å². The molecule has 0 bridgehead atoms. The van der Waals surface area contributed by atoms with Crippen LogP contribution in [0.4, 0.5) is 0 Å². The molecule has 0 saturated heterocycles. The monoisotopic (exact) mass is 410 g/mol. The lowest BCUT2D eigenvalue weighted by atomic mass is 9.44. The lowest BCUT2D eigenvalue weighted by molar-refractivity contribution is -0.150. The molecule has 3 fully saturated rings. The van der Waals surface area contributed by atoms with Crippen molar-refractivity contribution in [1.82, 2.24) is 0 Å². The number of fused-ring (bicyclic) bond motifs is 7. The van der Waals surface area contributed by atoms with Crippen molar-refractivity contribution < 1.29 is 14.3 Å². The first kappa shape index (κ1) is 20.5. The Morgan fingerprint density at radius 1 is 1.03 bits per heavy atom. The van der Waals surface area contributed by atoms with Crippen LogP contribution in [0.1, 0.15) is 85.5 Å². The molecule has 5 aliphatic rings. The fourth-order valence-electron chi connectivity index (χ4n) is 9.31. The van der Waals surface area contributed by atoms with E-state index in [9.17, 15) is 9.59 Å². The summed E-state index contributed by atoms with van der Waals surface area (Å²) in [4.78, 5) is 24.6. The third kappa shape index (κ3) is 2.56. The van der Waals surface area contributed by atoms with E-state index in [0.717, 1.165) is 38.5 Å². The topological polar surface area (TPSA) is 43.4 Å². The number of ether oxygens (including phenoxy) is 1. The Bertz CT molecular complexity index is 824. The van der Waals surface area contributed by atoms with E-state index in [1.54, 1.807) is 5.57 Å². The van der Waals surface area contributed by atoms with Gasteiger partial charge in [0, 0.05) is 18.8 Å². The van der Waals surface area contributed by atoms with Crippen LogP contribution in [0.25, 0.3) is 0 Å². The van der Waals surface area contributed by atoms with Crippen molar-refractivity contribution in [2.45, 2.75) is 91.6 Å². The average molecular weight is 411 g/mol. The van der Waals surface area contributed by atoms with Crippen molar-refractivity contribution in [3.8, 4) is 0 Å². The molecule has 0 aromatic rings. The van der Waals surface area contributed by atoms with Crippen LogP contribution in [0.2, 0.25) is 0 Å². The highest BCUT2D eigenvalue weighted by Gasteiger charge is 2.68. The normalized spacial score (nSPS) is 49.2. The molecule has 0 amide bonds. The lowest BCUT2D eigenvalue weighted by Crippen LogP contribution is -2.55. The van der Waals surface area contributed by atoms with E-state index >= 15 is 0 Å². The maximum atomic E-state index is 13.2. The molecule has 0 aromatic heterocycles. The number of rotatable bonds is 2. The highest BCUT2D eigenvalue weighted by Crippen LogP contribution is 2.73. The highest BCUT2D eigenvalue weighted by atomic mass is 16.5. The van der Waals surface area contributed by atoms with Crippen LogP contribution in [0.3, 0.4) is 0 Å². The van der Waals surface area contributed by atoms with Gasteiger partial charge in [-0.1, -0.05) is 37.6 Å². The Hall–Kier alpha value is -1.38. The Kier molecular flexibility index (Phi) is 4.66. The summed E-state index contributed by atoms with van der Waals surface area (Å²) in [5.41, 5.74) is 1.81. The van der Waals surface area contributed by atoms with Crippen molar-refractivity contribution in [2.75, 3.05) is 0 Å². The van der Waals surface area contributed by atoms with Gasteiger partial charge in [0.2, 0.25) is 0 Å². The van der Waals surface area contributed by atoms with Gasteiger partial charge in [0.25, 0.3) is 0 Å². The minimum atomic E-state index is -0.150. The number of carbonyl (C=O) groups excluding carboxylic acids is 2. The first-order valence-electron chi connectivity index (χ1n) is 12.2. The molecular weight excluding hydrogens is 372 g/mol. The maximum Gasteiger partial charge on any atom is 0.302 e. The molecule has 0 aromatic carbocycles. The number of allylic oxidation sites excluding steroid dienone is 3. The van der Waals surface area contributed by atoms with Gasteiger partial charge in [0.1, 0.15) is 11.9 Å². The van der Waals surface area contributed by atoms with Gasteiger partial charge in [-0.2, -0.15) is 0 Å². The first-order chi connectivity index (χ1) is 14.2. The number of hydrogen-bond acceptors (Lipinski definition) is 3. The molecule has 8 atom stereocenters. The van der Waals surface area contributed by atoms with E-state index in [2.05, 4.69) is 32.1 Å². The number of ketones is 1. The zero-order valence-electron chi connectivity index (χ0n) is 19.2. The van der Waals surface area contributed by atoms with Gasteiger partial charge in [-0.25, -0.2) is 0 Å². The third-order valence-electron chi connectivity index (χ3n) is 10.7. The zero-order valence-corrected chi connectivity index (χ0v) is 19.2. The molecule has 0 spiro atoms. The second-order valence-corrected chi connectivity index (χ2v) is 11.6. The molecule has 3 nitrogen and oxygen atoms in total. The van der Waals surface area contributed by atoms with E-state index in [1.165, 1.54) is 26.2 Å². The second-order valence-electron chi connectivity index (χ2n) is 11.6. The lowest BCUT2D eigenvalue weighted by Gasteiger charge is -2.60. The molecule has 3 saturated carbocycles. The summed E-state index contributed by atoms with van der Waals surface area (Å²) in [5.74, 6) is 2.90. The standard InChI is InChI=1S/C27H38O3/c1-17(28)27-12-6-5-7-20(27)16-24-22-9-8-19-15-21(30-18(2)29)10-13-25(19,3)23(22)11-14-26(24,27)4/h5-6,8,20-24H,7,9-16H2,1-4H3/t20-,21+,22+,23-,24-,25+,26+,27+/m1/s1. The van der Waals surface area contributed by atoms with Crippen molar-refractivity contribution in [1.29, 1.82) is 0 Å². The summed E-state index contributed by atoms with van der Waals surface area (Å²) in [5, 5.41) is 0. The van der Waals surface area contributed by atoms with Gasteiger partial charge in [-0.05, 0) is 92.8 Å². The Balaban J connectivity index is 1.47. The van der Waals surface area contributed by atoms with Crippen LogP contribution in [0.15, 0.2) is 23.8 Å². The predicted octanol–water partition coefficient (Wildman–Crippen LogP) is 6.03. The summed E-state index contributed by atoms with van der Waals surface area (Å²) in [6, 6.07) is 0. The number of Topliss-reactive ketones (excluding diaryl/α,β-unsaturated/α-hetero) is 1. The molecule has 5 rings (SSSR count). The van der Waals surface area contributed by atoms with Crippen molar-refractivity contribution in [3.63, 3.8) is 0 Å². The molecule has 0 heterocycles. The smallest absolute Gasteiger partial charge is 0.302 e. The molecule has 0 radical (unpaired) electrons. The third-order valence-corrected chi connectivity index (χ3v) is 10.7. The Labute approximate surface area is 181 Å². The van der Waals surface area contributed by atoms with Crippen LogP contribution in [0, 0.1) is 39.9 Å². The number of hydrogen-bond donors (Lipinski definition) is 0. The maximum absolute atomic E-state index is 13.2. The van der Waals surface area contributed by atoms with Gasteiger partial charge in [0.05, 0.1) is 0 Å². The van der Waals surface area contributed by atoms with Crippen LogP contribution in [-0.2, 0) is 14.3 Å². The van der Waals surface area contributed by atoms with Gasteiger partial charge in [-0.3, -0.25) is 9.59 Å². The molecule has 0 N–H and O–H groups in total. The second kappa shape index (κ2) is 6.81. The average Bonchev–Trinajstić information content (AvgIpc) is 2.98. The fraction of sp³-hybridized carbons (Fsp3) is 0.778. The Morgan fingerprint density at radius 3 is 2.57 bits per heavy atom.